The number of ether oxygens (including phenoxy) is 5. The van der Waals surface area contributed by atoms with Crippen molar-refractivity contribution < 1.29 is 37.7 Å². The van der Waals surface area contributed by atoms with Crippen LogP contribution in [0.25, 0.3) is 11.8 Å². The van der Waals surface area contributed by atoms with Gasteiger partial charge in [-0.2, -0.15) is 0 Å². The van der Waals surface area contributed by atoms with Crippen LogP contribution in [0.2, 0.25) is 0 Å². The number of hydrogen-bond acceptors (Lipinski definition) is 11. The fourth-order valence-electron chi connectivity index (χ4n) is 4.68. The smallest absolute Gasteiger partial charge is 0.283 e. The molecule has 1 amide bonds. The van der Waals surface area contributed by atoms with Gasteiger partial charge in [-0.15, -0.1) is 11.8 Å². The Labute approximate surface area is 336 Å². The van der Waals surface area contributed by atoms with Gasteiger partial charge in [-0.3, -0.25) is 14.4 Å². The Morgan fingerprint density at radius 3 is 2.18 bits per heavy atom. The molecule has 0 spiro atoms. The first-order valence-electron chi connectivity index (χ1n) is 18.4. The summed E-state index contributed by atoms with van der Waals surface area (Å²) in [6.45, 7) is 19.9. The molecular formula is C43H61NO9S2. The molecule has 2 aliphatic carbocycles. The van der Waals surface area contributed by atoms with E-state index in [0.29, 0.717) is 70.2 Å². The zero-order chi connectivity index (χ0) is 41.9. The number of rotatable bonds is 16. The number of allylic oxidation sites excluding steroid dienone is 11. The minimum atomic E-state index is -0.347. The Bertz CT molecular complexity index is 1840. The number of carbonyl (C=O) groups is 2. The van der Waals surface area contributed by atoms with Gasteiger partial charge < -0.3 is 33.4 Å². The third-order valence-electron chi connectivity index (χ3n) is 7.48. The SMILES string of the molecule is C=C(/C=C\C(=C/C)SCCOc1c(CC2=CCC(OC)=C(OC)C=C2)oc2c(c1=O)=C(OC)C=C(OC)CC=2)/C(C)=C(/C=O)SC(=O)NC.CC.CC.CC. The van der Waals surface area contributed by atoms with Crippen LogP contribution in [-0.2, 0) is 30.2 Å². The van der Waals surface area contributed by atoms with Crippen LogP contribution >= 0.6 is 23.5 Å². The quantitative estimate of drug-likeness (QED) is 0.0747. The fourth-order valence-corrected chi connectivity index (χ4v) is 6.05. The molecule has 1 aromatic heterocycles. The molecule has 10 nitrogen and oxygen atoms in total. The highest BCUT2D eigenvalue weighted by Gasteiger charge is 2.20. The van der Waals surface area contributed by atoms with Crippen LogP contribution in [0.1, 0.15) is 74.0 Å². The topological polar surface area (TPSA) is 123 Å². The predicted octanol–water partition coefficient (Wildman–Crippen LogP) is 8.79. The first-order chi connectivity index (χ1) is 26.6. The number of aldehydes is 1. The van der Waals surface area contributed by atoms with Crippen molar-refractivity contribution in [3.8, 4) is 5.75 Å². The molecule has 0 aliphatic heterocycles. The van der Waals surface area contributed by atoms with Gasteiger partial charge in [0, 0.05) is 43.0 Å². The molecule has 0 fully saturated rings. The van der Waals surface area contributed by atoms with Gasteiger partial charge in [0.15, 0.2) is 17.8 Å². The number of fused-ring (bicyclic) bond motifs is 1. The van der Waals surface area contributed by atoms with Crippen LogP contribution in [0.15, 0.2) is 102 Å². The molecular weight excluding hydrogens is 739 g/mol. The van der Waals surface area contributed by atoms with Gasteiger partial charge in [-0.25, -0.2) is 0 Å². The number of nitrogens with one attached hydrogen (secondary N) is 1. The summed E-state index contributed by atoms with van der Waals surface area (Å²) in [4.78, 5) is 38.6. The van der Waals surface area contributed by atoms with E-state index in [0.717, 1.165) is 22.2 Å². The van der Waals surface area contributed by atoms with E-state index >= 15 is 0 Å². The lowest BCUT2D eigenvalue weighted by Gasteiger charge is -2.12. The first kappa shape index (κ1) is 50.5. The number of amides is 1. The molecule has 0 atom stereocenters. The molecule has 3 rings (SSSR count). The second-order valence-electron chi connectivity index (χ2n) is 10.4. The molecule has 0 bridgehead atoms. The average Bonchev–Trinajstić information content (AvgIpc) is 3.55. The molecule has 0 saturated heterocycles. The summed E-state index contributed by atoms with van der Waals surface area (Å²) in [6.07, 6.45) is 16.7. The fraction of sp³-hybridized carbons (Fsp3) is 0.419. The van der Waals surface area contributed by atoms with Gasteiger partial charge in [-0.05, 0) is 60.6 Å². The van der Waals surface area contributed by atoms with E-state index in [-0.39, 0.29) is 39.6 Å². The van der Waals surface area contributed by atoms with Crippen molar-refractivity contribution in [2.24, 2.45) is 0 Å². The lowest BCUT2D eigenvalue weighted by Crippen LogP contribution is -2.42. The molecule has 2 aliphatic rings. The summed E-state index contributed by atoms with van der Waals surface area (Å²) < 4.78 is 34.6. The van der Waals surface area contributed by atoms with Gasteiger partial charge in [0.2, 0.25) is 11.2 Å². The maximum absolute atomic E-state index is 14.1. The highest BCUT2D eigenvalue weighted by Crippen LogP contribution is 2.26. The number of methoxy groups -OCH3 is 4. The van der Waals surface area contributed by atoms with Crippen LogP contribution in [0, 0.1) is 0 Å². The maximum Gasteiger partial charge on any atom is 0.283 e. The lowest BCUT2D eigenvalue weighted by molar-refractivity contribution is -0.104. The van der Waals surface area contributed by atoms with Crippen molar-refractivity contribution in [2.45, 2.75) is 74.7 Å². The first-order valence-corrected chi connectivity index (χ1v) is 20.2. The van der Waals surface area contributed by atoms with E-state index in [1.54, 1.807) is 46.5 Å². The molecule has 0 saturated carbocycles. The second kappa shape index (κ2) is 28.8. The predicted molar refractivity (Wildman–Crippen MR) is 230 cm³/mol. The van der Waals surface area contributed by atoms with Gasteiger partial charge >= 0.3 is 0 Å². The average molecular weight is 800 g/mol. The highest BCUT2D eigenvalue weighted by atomic mass is 32.2. The van der Waals surface area contributed by atoms with Gasteiger partial charge in [0.1, 0.15) is 27.9 Å². The van der Waals surface area contributed by atoms with E-state index in [2.05, 4.69) is 11.9 Å². The lowest BCUT2D eigenvalue weighted by atomic mass is 10.1. The maximum atomic E-state index is 14.1. The third kappa shape index (κ3) is 15.6. The summed E-state index contributed by atoms with van der Waals surface area (Å²) in [5.74, 6) is 3.24. The molecule has 55 heavy (non-hydrogen) atoms. The van der Waals surface area contributed by atoms with Crippen molar-refractivity contribution >= 4 is 46.9 Å². The summed E-state index contributed by atoms with van der Waals surface area (Å²) in [5, 5.41) is 2.42. The van der Waals surface area contributed by atoms with Crippen LogP contribution in [0.3, 0.4) is 0 Å². The minimum Gasteiger partial charge on any atom is -0.501 e. The Morgan fingerprint density at radius 2 is 1.62 bits per heavy atom. The van der Waals surface area contributed by atoms with Crippen LogP contribution in [0.4, 0.5) is 4.79 Å². The molecule has 0 radical (unpaired) electrons. The Balaban J connectivity index is 0.00000462. The third-order valence-corrected chi connectivity index (χ3v) is 9.56. The van der Waals surface area contributed by atoms with Gasteiger partial charge in [0.05, 0.1) is 40.0 Å². The highest BCUT2D eigenvalue weighted by molar-refractivity contribution is 8.17. The zero-order valence-electron chi connectivity index (χ0n) is 34.9. The number of thioether (sulfide) groups is 2. The van der Waals surface area contributed by atoms with E-state index in [9.17, 15) is 14.4 Å². The van der Waals surface area contributed by atoms with E-state index in [4.69, 9.17) is 28.1 Å². The van der Waals surface area contributed by atoms with Crippen molar-refractivity contribution in [1.29, 1.82) is 0 Å². The summed E-state index contributed by atoms with van der Waals surface area (Å²) in [5.41, 5.74) is 2.13. The van der Waals surface area contributed by atoms with E-state index < -0.39 is 0 Å². The standard InChI is InChI=1S/C37H43NO9S2.3C2H6/c1-9-27(14-10-23(2)24(3)33(22-39)49-37(41)38-4)48-19-18-46-36-32(20-25-11-15-28(43-6)29(44-7)16-12-25)47-30-17-13-26(42-5)21-31(45-8)34(30)35(36)40;3*1-2/h9-12,14-15,17,21-22H,2,13,16,18-20H2,1,3-8H3,(H,38,41);3*1-2H3/b14-10-,27-9+,33-24-;;;. The molecule has 0 unspecified atom stereocenters. The van der Waals surface area contributed by atoms with E-state index in [1.807, 2.05) is 78.8 Å². The van der Waals surface area contributed by atoms with Gasteiger partial charge in [0.25, 0.3) is 5.24 Å². The Morgan fingerprint density at radius 1 is 0.945 bits per heavy atom. The van der Waals surface area contributed by atoms with Crippen LogP contribution < -0.4 is 26.1 Å². The van der Waals surface area contributed by atoms with Crippen LogP contribution in [0.5, 0.6) is 5.75 Å². The molecule has 1 heterocycles. The molecule has 0 aromatic carbocycles. The molecule has 304 valence electrons. The van der Waals surface area contributed by atoms with Crippen molar-refractivity contribution in [3.05, 3.63) is 120 Å². The zero-order valence-corrected chi connectivity index (χ0v) is 36.6. The van der Waals surface area contributed by atoms with Gasteiger partial charge in [-0.1, -0.05) is 72.4 Å². The second-order valence-corrected chi connectivity index (χ2v) is 12.6. The van der Waals surface area contributed by atoms with Crippen molar-refractivity contribution in [1.82, 2.24) is 5.32 Å². The summed E-state index contributed by atoms with van der Waals surface area (Å²) >= 11 is 2.34. The van der Waals surface area contributed by atoms with Crippen molar-refractivity contribution in [3.63, 3.8) is 0 Å². The monoisotopic (exact) mass is 799 g/mol. The number of hydrogen-bond donors (Lipinski definition) is 1. The molecule has 12 heteroatoms. The largest absolute Gasteiger partial charge is 0.501 e. The van der Waals surface area contributed by atoms with Crippen molar-refractivity contribution in [2.75, 3.05) is 47.8 Å². The number of carbonyl (C=O) groups excluding carboxylic acids is 2. The van der Waals surface area contributed by atoms with Crippen LogP contribution in [-0.4, -0.2) is 59.4 Å². The Hall–Kier alpha value is -4.55. The summed E-state index contributed by atoms with van der Waals surface area (Å²) in [7, 11) is 7.74. The summed E-state index contributed by atoms with van der Waals surface area (Å²) in [6, 6.07) is 0. The molecule has 1 N–H and O–H groups in total. The minimum absolute atomic E-state index is 0.101. The van der Waals surface area contributed by atoms with E-state index in [1.165, 1.54) is 25.9 Å². The molecule has 1 aromatic rings. The normalized spacial score (nSPS) is 13.8. The Kier molecular flexibility index (Phi) is 26.4.